The summed E-state index contributed by atoms with van der Waals surface area (Å²) in [6.07, 6.45) is -0.364. The Labute approximate surface area is 145 Å². The van der Waals surface area contributed by atoms with Crippen LogP contribution >= 0.6 is 0 Å². The number of nitrogens with zero attached hydrogens (tertiary/aromatic N) is 1. The zero-order valence-electron chi connectivity index (χ0n) is 13.7. The first-order chi connectivity index (χ1) is 11.9. The maximum absolute atomic E-state index is 13.1. The first-order valence-corrected chi connectivity index (χ1v) is 8.91. The van der Waals surface area contributed by atoms with Crippen molar-refractivity contribution in [2.24, 2.45) is 0 Å². The Morgan fingerprint density at radius 1 is 1.12 bits per heavy atom. The fraction of sp³-hybridized carbons (Fsp3) is 0.235. The van der Waals surface area contributed by atoms with Gasteiger partial charge in [-0.2, -0.15) is 0 Å². The summed E-state index contributed by atoms with van der Waals surface area (Å²) in [4.78, 5) is 11.4. The second kappa shape index (κ2) is 6.29. The zero-order chi connectivity index (χ0) is 18.2. The van der Waals surface area contributed by atoms with E-state index in [1.165, 1.54) is 26.4 Å². The van der Waals surface area contributed by atoms with E-state index in [1.807, 2.05) is 0 Å². The Morgan fingerprint density at radius 3 is 2.28 bits per heavy atom. The second-order valence-electron chi connectivity index (χ2n) is 5.50. The molecule has 2 aromatic carbocycles. The van der Waals surface area contributed by atoms with Crippen LogP contribution in [0.5, 0.6) is 11.5 Å². The molecule has 1 unspecified atom stereocenters. The van der Waals surface area contributed by atoms with Gasteiger partial charge in [-0.3, -0.25) is 9.10 Å². The standard InChI is InChI=1S/C17H17NO6S/c1-23-14-8-12-13(9-17(19)20)18(11-6-4-3-5-7-11)25(21,22)16(12)10-15(14)24-2/h3-8,10,13H,9H2,1-2H3,(H,19,20). The Bertz CT molecular complexity index is 910. The minimum Gasteiger partial charge on any atom is -0.493 e. The van der Waals surface area contributed by atoms with Gasteiger partial charge in [0, 0.05) is 11.6 Å². The minimum atomic E-state index is -3.92. The number of ether oxygens (including phenoxy) is 2. The van der Waals surface area contributed by atoms with E-state index < -0.39 is 22.0 Å². The van der Waals surface area contributed by atoms with Gasteiger partial charge in [0.1, 0.15) is 0 Å². The highest BCUT2D eigenvalue weighted by molar-refractivity contribution is 7.93. The third kappa shape index (κ3) is 2.78. The molecule has 132 valence electrons. The number of sulfonamides is 1. The van der Waals surface area contributed by atoms with E-state index in [0.29, 0.717) is 17.0 Å². The third-order valence-corrected chi connectivity index (χ3v) is 5.97. The smallest absolute Gasteiger partial charge is 0.305 e. The van der Waals surface area contributed by atoms with E-state index in [9.17, 15) is 18.3 Å². The predicted octanol–water partition coefficient (Wildman–Crippen LogP) is 2.43. The number of aliphatic carboxylic acids is 1. The van der Waals surface area contributed by atoms with E-state index in [-0.39, 0.29) is 17.1 Å². The van der Waals surface area contributed by atoms with Gasteiger partial charge in [-0.15, -0.1) is 0 Å². The number of carboxylic acid groups (broad SMARTS) is 1. The normalized spacial score (nSPS) is 17.8. The van der Waals surface area contributed by atoms with Crippen LogP contribution in [-0.2, 0) is 14.8 Å². The van der Waals surface area contributed by atoms with E-state index in [0.717, 1.165) is 4.31 Å². The summed E-state index contributed by atoms with van der Waals surface area (Å²) >= 11 is 0. The third-order valence-electron chi connectivity index (χ3n) is 4.07. The average Bonchev–Trinajstić information content (AvgIpc) is 2.80. The van der Waals surface area contributed by atoms with Crippen molar-refractivity contribution < 1.29 is 27.8 Å². The number of carbonyl (C=O) groups is 1. The quantitative estimate of drug-likeness (QED) is 0.877. The van der Waals surface area contributed by atoms with Gasteiger partial charge in [0.05, 0.1) is 37.3 Å². The van der Waals surface area contributed by atoms with Crippen LogP contribution in [0.1, 0.15) is 18.0 Å². The fourth-order valence-electron chi connectivity index (χ4n) is 3.01. The molecule has 25 heavy (non-hydrogen) atoms. The van der Waals surface area contributed by atoms with Crippen molar-refractivity contribution in [2.45, 2.75) is 17.4 Å². The molecular formula is C17H17NO6S. The Hall–Kier alpha value is -2.74. The van der Waals surface area contributed by atoms with Gasteiger partial charge in [-0.25, -0.2) is 8.42 Å². The van der Waals surface area contributed by atoms with Crippen molar-refractivity contribution in [2.75, 3.05) is 18.5 Å². The molecule has 0 amide bonds. The van der Waals surface area contributed by atoms with Crippen molar-refractivity contribution in [3.05, 3.63) is 48.0 Å². The van der Waals surface area contributed by atoms with Crippen LogP contribution in [0.4, 0.5) is 5.69 Å². The number of anilines is 1. The maximum Gasteiger partial charge on any atom is 0.305 e. The number of carboxylic acids is 1. The van der Waals surface area contributed by atoms with Gasteiger partial charge in [0.25, 0.3) is 10.0 Å². The Balaban J connectivity index is 2.25. The summed E-state index contributed by atoms with van der Waals surface area (Å²) in [7, 11) is -1.07. The van der Waals surface area contributed by atoms with Crippen LogP contribution in [-0.4, -0.2) is 33.7 Å². The molecule has 0 aliphatic carbocycles. The van der Waals surface area contributed by atoms with Gasteiger partial charge in [-0.1, -0.05) is 18.2 Å². The number of para-hydroxylation sites is 1. The molecule has 1 N–H and O–H groups in total. The number of hydrogen-bond donors (Lipinski definition) is 1. The van der Waals surface area contributed by atoms with Gasteiger partial charge in [0.2, 0.25) is 0 Å². The van der Waals surface area contributed by atoms with Crippen molar-refractivity contribution in [3.8, 4) is 11.5 Å². The van der Waals surface area contributed by atoms with Crippen LogP contribution in [0.25, 0.3) is 0 Å². The number of hydrogen-bond acceptors (Lipinski definition) is 5. The van der Waals surface area contributed by atoms with Gasteiger partial charge in [0.15, 0.2) is 11.5 Å². The number of methoxy groups -OCH3 is 2. The SMILES string of the molecule is COc1cc2c(cc1OC)S(=O)(=O)N(c1ccccc1)C2CC(=O)O. The highest BCUT2D eigenvalue weighted by atomic mass is 32.2. The molecule has 3 rings (SSSR count). The summed E-state index contributed by atoms with van der Waals surface area (Å²) in [5, 5.41) is 9.28. The molecule has 0 spiro atoms. The van der Waals surface area contributed by atoms with Gasteiger partial charge >= 0.3 is 5.97 Å². The van der Waals surface area contributed by atoms with Crippen molar-refractivity contribution in [1.29, 1.82) is 0 Å². The molecule has 0 radical (unpaired) electrons. The van der Waals surface area contributed by atoms with Crippen LogP contribution in [0.15, 0.2) is 47.4 Å². The monoisotopic (exact) mass is 363 g/mol. The Morgan fingerprint density at radius 2 is 1.72 bits per heavy atom. The molecule has 0 aromatic heterocycles. The molecule has 0 saturated heterocycles. The van der Waals surface area contributed by atoms with Gasteiger partial charge < -0.3 is 14.6 Å². The highest BCUT2D eigenvalue weighted by Crippen LogP contribution is 2.47. The van der Waals surface area contributed by atoms with E-state index in [2.05, 4.69) is 0 Å². The molecule has 0 bridgehead atoms. The van der Waals surface area contributed by atoms with Crippen LogP contribution in [0.3, 0.4) is 0 Å². The lowest BCUT2D eigenvalue weighted by molar-refractivity contribution is -0.137. The topological polar surface area (TPSA) is 93.1 Å². The largest absolute Gasteiger partial charge is 0.493 e. The van der Waals surface area contributed by atoms with Crippen molar-refractivity contribution in [1.82, 2.24) is 0 Å². The summed E-state index contributed by atoms with van der Waals surface area (Å²) in [5.41, 5.74) is 0.784. The van der Waals surface area contributed by atoms with Gasteiger partial charge in [-0.05, 0) is 18.2 Å². The summed E-state index contributed by atoms with van der Waals surface area (Å²) in [6, 6.07) is 10.5. The molecule has 1 atom stereocenters. The molecule has 1 heterocycles. The first-order valence-electron chi connectivity index (χ1n) is 7.47. The van der Waals surface area contributed by atoms with Crippen molar-refractivity contribution >= 4 is 21.7 Å². The van der Waals surface area contributed by atoms with Crippen LogP contribution < -0.4 is 13.8 Å². The Kier molecular flexibility index (Phi) is 4.30. The predicted molar refractivity (Wildman–Crippen MR) is 90.6 cm³/mol. The molecular weight excluding hydrogens is 346 g/mol. The molecule has 2 aromatic rings. The molecule has 0 fully saturated rings. The average molecular weight is 363 g/mol. The zero-order valence-corrected chi connectivity index (χ0v) is 14.5. The fourth-order valence-corrected chi connectivity index (χ4v) is 4.89. The van der Waals surface area contributed by atoms with Crippen molar-refractivity contribution in [3.63, 3.8) is 0 Å². The summed E-state index contributed by atoms with van der Waals surface area (Å²) < 4.78 is 37.7. The first kappa shape index (κ1) is 17.1. The summed E-state index contributed by atoms with van der Waals surface area (Å²) in [6.45, 7) is 0. The van der Waals surface area contributed by atoms with E-state index in [1.54, 1.807) is 30.3 Å². The lowest BCUT2D eigenvalue weighted by Crippen LogP contribution is -2.29. The molecule has 7 nitrogen and oxygen atoms in total. The lowest BCUT2D eigenvalue weighted by Gasteiger charge is -2.24. The molecule has 1 aliphatic heterocycles. The number of benzene rings is 2. The second-order valence-corrected chi connectivity index (χ2v) is 7.28. The highest BCUT2D eigenvalue weighted by Gasteiger charge is 2.44. The molecule has 0 saturated carbocycles. The minimum absolute atomic E-state index is 0.0280. The molecule has 8 heteroatoms. The molecule has 1 aliphatic rings. The van der Waals surface area contributed by atoms with E-state index in [4.69, 9.17) is 9.47 Å². The summed E-state index contributed by atoms with van der Waals surface area (Å²) in [5.74, 6) is -0.473. The lowest BCUT2D eigenvalue weighted by atomic mass is 10.0. The number of rotatable bonds is 5. The van der Waals surface area contributed by atoms with E-state index >= 15 is 0 Å². The van der Waals surface area contributed by atoms with Crippen LogP contribution in [0.2, 0.25) is 0 Å². The van der Waals surface area contributed by atoms with Crippen LogP contribution in [0, 0.1) is 0 Å². The maximum atomic E-state index is 13.1. The number of fused-ring (bicyclic) bond motifs is 1.